The van der Waals surface area contributed by atoms with E-state index in [1.165, 1.54) is 0 Å². The van der Waals surface area contributed by atoms with E-state index in [4.69, 9.17) is 9.97 Å². The molecule has 2 atom stereocenters. The molecule has 4 aromatic rings. The summed E-state index contributed by atoms with van der Waals surface area (Å²) >= 11 is 0. The molecule has 1 fully saturated rings. The normalized spacial score (nSPS) is 17.7. The van der Waals surface area contributed by atoms with E-state index >= 15 is 0 Å². The molecule has 7 heteroatoms. The summed E-state index contributed by atoms with van der Waals surface area (Å²) in [6.45, 7) is 2.67. The Bertz CT molecular complexity index is 1340. The lowest BCUT2D eigenvalue weighted by molar-refractivity contribution is 0.189. The number of aryl methyl sites for hydroxylation is 1. The lowest BCUT2D eigenvalue weighted by atomic mass is 10.00. The molecule has 7 nitrogen and oxygen atoms in total. The van der Waals surface area contributed by atoms with Crippen LogP contribution >= 0.6 is 0 Å². The van der Waals surface area contributed by atoms with Gasteiger partial charge in [0.15, 0.2) is 5.82 Å². The molecule has 0 radical (unpaired) electrons. The van der Waals surface area contributed by atoms with E-state index in [0.29, 0.717) is 30.8 Å². The summed E-state index contributed by atoms with van der Waals surface area (Å²) in [6.07, 6.45) is 0.324. The summed E-state index contributed by atoms with van der Waals surface area (Å²) in [4.78, 5) is 23.4. The Morgan fingerprint density at radius 2 is 1.82 bits per heavy atom. The van der Waals surface area contributed by atoms with Crippen molar-refractivity contribution in [2.75, 3.05) is 11.4 Å². The summed E-state index contributed by atoms with van der Waals surface area (Å²) in [5.74, 6) is 1.31. The second-order valence-corrected chi connectivity index (χ2v) is 8.70. The van der Waals surface area contributed by atoms with Crippen molar-refractivity contribution >= 4 is 22.8 Å². The van der Waals surface area contributed by atoms with E-state index in [0.717, 1.165) is 27.8 Å². The van der Waals surface area contributed by atoms with Crippen LogP contribution in [0.25, 0.3) is 22.3 Å². The molecule has 5 rings (SSSR count). The van der Waals surface area contributed by atoms with Gasteiger partial charge in [0.1, 0.15) is 11.6 Å². The third-order valence-corrected chi connectivity index (χ3v) is 6.39. The molecule has 3 N–H and O–H groups in total. The number of rotatable bonds is 5. The third kappa shape index (κ3) is 4.24. The molecule has 1 saturated heterocycles. The monoisotopic (exact) mass is 454 g/mol. The molecule has 1 aliphatic rings. The number of aromatic nitrogens is 2. The molecule has 1 aromatic heterocycles. The highest BCUT2D eigenvalue weighted by atomic mass is 16.4. The number of hydrogen-bond acceptors (Lipinski definition) is 5. The topological polar surface area (TPSA) is 98.6 Å². The van der Waals surface area contributed by atoms with Gasteiger partial charge in [-0.2, -0.15) is 0 Å². The Hall–Kier alpha value is -4.13. The van der Waals surface area contributed by atoms with E-state index in [-0.39, 0.29) is 17.8 Å². The first kappa shape index (κ1) is 21.7. The van der Waals surface area contributed by atoms with Crippen molar-refractivity contribution in [3.63, 3.8) is 0 Å². The highest BCUT2D eigenvalue weighted by Crippen LogP contribution is 2.35. The van der Waals surface area contributed by atoms with E-state index in [2.05, 4.69) is 22.3 Å². The average molecular weight is 455 g/mol. The van der Waals surface area contributed by atoms with Gasteiger partial charge in [-0.15, -0.1) is 0 Å². The van der Waals surface area contributed by atoms with Crippen molar-refractivity contribution in [1.29, 1.82) is 0 Å². The van der Waals surface area contributed by atoms with Gasteiger partial charge in [0.25, 0.3) is 0 Å². The Balaban J connectivity index is 1.65. The van der Waals surface area contributed by atoms with Gasteiger partial charge in [0.05, 0.1) is 23.2 Å². The zero-order valence-electron chi connectivity index (χ0n) is 18.8. The number of carboxylic acid groups (broad SMARTS) is 1. The van der Waals surface area contributed by atoms with Crippen molar-refractivity contribution in [1.82, 2.24) is 15.3 Å². The van der Waals surface area contributed by atoms with Crippen LogP contribution in [0.2, 0.25) is 0 Å². The fraction of sp³-hybridized carbons (Fsp3) is 0.222. The average Bonchev–Trinajstić information content (AvgIpc) is 3.20. The van der Waals surface area contributed by atoms with Crippen LogP contribution in [0, 0.1) is 6.92 Å². The Morgan fingerprint density at radius 3 is 2.59 bits per heavy atom. The molecule has 0 bridgehead atoms. The summed E-state index contributed by atoms with van der Waals surface area (Å²) in [7, 11) is 0. The molecule has 3 aromatic carbocycles. The van der Waals surface area contributed by atoms with Crippen molar-refractivity contribution in [3.8, 4) is 17.1 Å². The molecule has 34 heavy (non-hydrogen) atoms. The van der Waals surface area contributed by atoms with Gasteiger partial charge >= 0.3 is 6.09 Å². The maximum atomic E-state index is 11.5. The highest BCUT2D eigenvalue weighted by molar-refractivity contribution is 5.92. The van der Waals surface area contributed by atoms with E-state index in [1.54, 1.807) is 18.2 Å². The number of anilines is 1. The highest BCUT2D eigenvalue weighted by Gasteiger charge is 2.37. The van der Waals surface area contributed by atoms with Crippen LogP contribution in [0.5, 0.6) is 5.75 Å². The fourth-order valence-electron chi connectivity index (χ4n) is 4.78. The quantitative estimate of drug-likeness (QED) is 0.402. The Morgan fingerprint density at radius 1 is 1.06 bits per heavy atom. The number of fused-ring (bicyclic) bond motifs is 1. The lowest BCUT2D eigenvalue weighted by Crippen LogP contribution is -2.46. The molecule has 1 aliphatic heterocycles. The lowest BCUT2D eigenvalue weighted by Gasteiger charge is -2.30. The van der Waals surface area contributed by atoms with Crippen LogP contribution in [0.3, 0.4) is 0 Å². The molecular weight excluding hydrogens is 428 g/mol. The zero-order chi connectivity index (χ0) is 23.7. The first-order chi connectivity index (χ1) is 16.5. The third-order valence-electron chi connectivity index (χ3n) is 6.39. The number of para-hydroxylation sites is 1. The second-order valence-electron chi connectivity index (χ2n) is 8.70. The van der Waals surface area contributed by atoms with Crippen molar-refractivity contribution in [2.24, 2.45) is 0 Å². The number of carbonyl (C=O) groups is 1. The number of amides is 1. The molecule has 172 valence electrons. The Kier molecular flexibility index (Phi) is 5.76. The fourth-order valence-corrected chi connectivity index (χ4v) is 4.78. The number of nitrogens with zero attached hydrogens (tertiary/aromatic N) is 3. The van der Waals surface area contributed by atoms with Gasteiger partial charge < -0.3 is 20.4 Å². The smallest absolute Gasteiger partial charge is 0.404 e. The first-order valence-corrected chi connectivity index (χ1v) is 11.4. The number of benzene rings is 3. The predicted octanol–water partition coefficient (Wildman–Crippen LogP) is 4.77. The van der Waals surface area contributed by atoms with E-state index in [9.17, 15) is 15.0 Å². The number of phenolic OH excluding ortho intramolecular Hbond substituents is 1. The van der Waals surface area contributed by atoms with E-state index in [1.807, 2.05) is 49.4 Å². The van der Waals surface area contributed by atoms with E-state index < -0.39 is 6.09 Å². The molecule has 0 aliphatic carbocycles. The van der Waals surface area contributed by atoms with Crippen molar-refractivity contribution in [3.05, 3.63) is 83.9 Å². The summed E-state index contributed by atoms with van der Waals surface area (Å²) in [6, 6.07) is 22.8. The maximum absolute atomic E-state index is 11.5. The largest absolute Gasteiger partial charge is 0.507 e. The van der Waals surface area contributed by atoms with Gasteiger partial charge in [-0.05, 0) is 55.2 Å². The minimum Gasteiger partial charge on any atom is -0.507 e. The molecular formula is C27H26N4O3. The Labute approximate surface area is 197 Å². The van der Waals surface area contributed by atoms with Gasteiger partial charge in [0.2, 0.25) is 0 Å². The first-order valence-electron chi connectivity index (χ1n) is 11.4. The van der Waals surface area contributed by atoms with Gasteiger partial charge in [0, 0.05) is 11.9 Å². The minimum atomic E-state index is -1.03. The molecule has 1 amide bonds. The molecule has 2 unspecified atom stereocenters. The minimum absolute atomic E-state index is 0.116. The SMILES string of the molecule is Cc1ccc2c(N3CCC(NC(=O)O)C3Cc3ccccc3)nc(-c3ccccc3O)nc2c1. The number of aromatic hydroxyl groups is 1. The number of hydrogen-bond donors (Lipinski definition) is 3. The summed E-state index contributed by atoms with van der Waals surface area (Å²) in [5.41, 5.74) is 3.56. The standard InChI is InChI=1S/C27H26N4O3/c1-17-11-12-19-22(15-17)28-25(20-9-5-6-10-24(20)32)30-26(19)31-14-13-21(29-27(33)34)23(31)16-18-7-3-2-4-8-18/h2-12,15,21,23,29,32H,13-14,16H2,1H3,(H,33,34). The predicted molar refractivity (Wildman–Crippen MR) is 132 cm³/mol. The zero-order valence-corrected chi connectivity index (χ0v) is 18.8. The van der Waals surface area contributed by atoms with Crippen molar-refractivity contribution in [2.45, 2.75) is 31.8 Å². The van der Waals surface area contributed by atoms with Crippen LogP contribution in [0.4, 0.5) is 10.6 Å². The molecule has 2 heterocycles. The van der Waals surface area contributed by atoms with Crippen LogP contribution in [-0.4, -0.2) is 44.9 Å². The molecule has 0 spiro atoms. The summed E-state index contributed by atoms with van der Waals surface area (Å²) < 4.78 is 0. The van der Waals surface area contributed by atoms with Crippen LogP contribution < -0.4 is 10.2 Å². The summed E-state index contributed by atoms with van der Waals surface area (Å²) in [5, 5.41) is 23.5. The van der Waals surface area contributed by atoms with Crippen molar-refractivity contribution < 1.29 is 15.0 Å². The molecule has 0 saturated carbocycles. The number of phenols is 1. The van der Waals surface area contributed by atoms with Gasteiger partial charge in [-0.3, -0.25) is 0 Å². The van der Waals surface area contributed by atoms with Crippen LogP contribution in [-0.2, 0) is 6.42 Å². The number of nitrogens with one attached hydrogen (secondary N) is 1. The van der Waals surface area contributed by atoms with Gasteiger partial charge in [-0.25, -0.2) is 14.8 Å². The second kappa shape index (κ2) is 9.02. The maximum Gasteiger partial charge on any atom is 0.404 e. The van der Waals surface area contributed by atoms with Gasteiger partial charge in [-0.1, -0.05) is 48.5 Å². The van der Waals surface area contributed by atoms with Crippen LogP contribution in [0.1, 0.15) is 17.5 Å². The van der Waals surface area contributed by atoms with Crippen LogP contribution in [0.15, 0.2) is 72.8 Å².